The van der Waals surface area contributed by atoms with Crippen LogP contribution in [0, 0.1) is 11.7 Å². The fourth-order valence-electron chi connectivity index (χ4n) is 4.77. The van der Waals surface area contributed by atoms with E-state index in [4.69, 9.17) is 33.3 Å². The third-order valence-electron chi connectivity index (χ3n) is 6.27. The fourth-order valence-corrected chi connectivity index (χ4v) is 5.31. The Kier molecular flexibility index (Phi) is 6.02. The van der Waals surface area contributed by atoms with Gasteiger partial charge in [0.1, 0.15) is 11.7 Å². The van der Waals surface area contributed by atoms with Crippen molar-refractivity contribution in [3.05, 3.63) is 83.1 Å². The lowest BCUT2D eigenvalue weighted by molar-refractivity contribution is -0.130. The lowest BCUT2D eigenvalue weighted by atomic mass is 9.78. The molecular weight excluding hydrogens is 489 g/mol. The maximum Gasteiger partial charge on any atom is 0.236 e. The average Bonchev–Trinajstić information content (AvgIpc) is 2.82. The van der Waals surface area contributed by atoms with Crippen molar-refractivity contribution in [3.8, 4) is 11.5 Å². The van der Waals surface area contributed by atoms with E-state index in [1.165, 1.54) is 12.1 Å². The summed E-state index contributed by atoms with van der Waals surface area (Å²) in [6, 6.07) is 17.9. The minimum absolute atomic E-state index is 0.269. The normalized spacial score (nSPS) is 22.5. The summed E-state index contributed by atoms with van der Waals surface area (Å²) in [4.78, 5) is 15.5. The number of amides is 1. The number of nitrogens with one attached hydrogen (secondary N) is 2. The van der Waals surface area contributed by atoms with Crippen LogP contribution in [0.15, 0.2) is 66.7 Å². The molecule has 1 saturated heterocycles. The molecule has 180 valence electrons. The van der Waals surface area contributed by atoms with Crippen molar-refractivity contribution < 1.29 is 18.7 Å². The smallest absolute Gasteiger partial charge is 0.236 e. The Morgan fingerprint density at radius 3 is 2.60 bits per heavy atom. The molecule has 0 unspecified atom stereocenters. The number of carbonyl (C=O) groups is 1. The third-order valence-corrected chi connectivity index (χ3v) is 6.82. The Balaban J connectivity index is 1.63. The Labute approximate surface area is 213 Å². The lowest BCUT2D eigenvalue weighted by Crippen LogP contribution is -2.72. The molecule has 0 aliphatic carbocycles. The topological polar surface area (TPSA) is 62.8 Å². The molecule has 35 heavy (non-hydrogen) atoms. The zero-order valence-corrected chi connectivity index (χ0v) is 20.6. The van der Waals surface area contributed by atoms with Gasteiger partial charge in [0.25, 0.3) is 0 Å². The number of hydrogen-bond donors (Lipinski definition) is 2. The number of thiocarbonyl (C=S) groups is 1. The quantitative estimate of drug-likeness (QED) is 0.430. The summed E-state index contributed by atoms with van der Waals surface area (Å²) >= 11 is 11.7. The summed E-state index contributed by atoms with van der Waals surface area (Å²) in [6.45, 7) is 4.16. The van der Waals surface area contributed by atoms with Crippen LogP contribution in [-0.4, -0.2) is 23.4 Å². The molecule has 0 spiro atoms. The molecular formula is C26H23ClFN3O3S. The molecule has 2 heterocycles. The number of carbonyl (C=O) groups excluding carboxylic acids is 1. The van der Waals surface area contributed by atoms with Crippen LogP contribution in [0.3, 0.4) is 0 Å². The summed E-state index contributed by atoms with van der Waals surface area (Å²) in [7, 11) is 0. The maximum atomic E-state index is 13.8. The molecule has 0 aromatic heterocycles. The van der Waals surface area contributed by atoms with Crippen LogP contribution in [0.4, 0.5) is 15.8 Å². The molecule has 2 aliphatic heterocycles. The van der Waals surface area contributed by atoms with Gasteiger partial charge in [0.2, 0.25) is 5.91 Å². The molecule has 0 radical (unpaired) electrons. The number of fused-ring (bicyclic) bond motifs is 4. The van der Waals surface area contributed by atoms with Crippen LogP contribution < -0.4 is 25.0 Å². The molecule has 1 amide bonds. The minimum atomic E-state index is -1.25. The highest BCUT2D eigenvalue weighted by Gasteiger charge is 2.59. The van der Waals surface area contributed by atoms with E-state index in [0.717, 1.165) is 5.56 Å². The molecule has 1 fully saturated rings. The Hall–Kier alpha value is -3.36. The highest BCUT2D eigenvalue weighted by Crippen LogP contribution is 2.52. The molecule has 6 nitrogen and oxygen atoms in total. The van der Waals surface area contributed by atoms with Gasteiger partial charge in [-0.25, -0.2) is 4.39 Å². The zero-order chi connectivity index (χ0) is 24.7. The third kappa shape index (κ3) is 4.06. The number of anilines is 2. The monoisotopic (exact) mass is 511 g/mol. The van der Waals surface area contributed by atoms with Gasteiger partial charge in [0.15, 0.2) is 22.3 Å². The van der Waals surface area contributed by atoms with Crippen molar-refractivity contribution in [1.29, 1.82) is 0 Å². The van der Waals surface area contributed by atoms with E-state index >= 15 is 0 Å². The van der Waals surface area contributed by atoms with Gasteiger partial charge in [-0.05, 0) is 80.7 Å². The summed E-state index contributed by atoms with van der Waals surface area (Å²) in [5.41, 5.74) is 0.713. The summed E-state index contributed by atoms with van der Waals surface area (Å²) in [5, 5.41) is 7.25. The fraction of sp³-hybridized carbons (Fsp3) is 0.231. The Morgan fingerprint density at radius 1 is 1.20 bits per heavy atom. The molecule has 0 saturated carbocycles. The van der Waals surface area contributed by atoms with Crippen LogP contribution >= 0.6 is 23.8 Å². The first kappa shape index (κ1) is 23.4. The van der Waals surface area contributed by atoms with Crippen molar-refractivity contribution >= 4 is 46.2 Å². The average molecular weight is 512 g/mol. The van der Waals surface area contributed by atoms with E-state index < -0.39 is 17.7 Å². The summed E-state index contributed by atoms with van der Waals surface area (Å²) in [5.74, 6) is -0.266. The highest BCUT2D eigenvalue weighted by atomic mass is 35.5. The molecule has 2 bridgehead atoms. The van der Waals surface area contributed by atoms with E-state index in [1.807, 2.05) is 32.0 Å². The first-order chi connectivity index (χ1) is 16.8. The van der Waals surface area contributed by atoms with Gasteiger partial charge in [0.05, 0.1) is 12.6 Å². The van der Waals surface area contributed by atoms with Crippen LogP contribution in [0.1, 0.15) is 25.5 Å². The number of nitrogens with zero attached hydrogens (tertiary/aromatic N) is 1. The Morgan fingerprint density at radius 2 is 1.91 bits per heavy atom. The predicted molar refractivity (Wildman–Crippen MR) is 138 cm³/mol. The second kappa shape index (κ2) is 9.02. The first-order valence-electron chi connectivity index (χ1n) is 11.2. The molecule has 3 atom stereocenters. The van der Waals surface area contributed by atoms with Crippen LogP contribution in [0.2, 0.25) is 5.02 Å². The minimum Gasteiger partial charge on any atom is -0.490 e. The standard InChI is InChI=1S/C26H23ClFN3O3S/c1-3-33-20-6-4-5-19-22-21(24(32)29-17-11-7-15(27)8-12-17)26(2,34-23(19)20)31(25(35)30-22)18-13-9-16(28)10-14-18/h4-14,21-22H,3H2,1-2H3,(H,29,32)(H,30,35)/t21-,22+,26+/m1/s1. The van der Waals surface area contributed by atoms with Gasteiger partial charge in [-0.3, -0.25) is 9.69 Å². The molecule has 3 aromatic rings. The van der Waals surface area contributed by atoms with Crippen molar-refractivity contribution in [2.45, 2.75) is 25.6 Å². The van der Waals surface area contributed by atoms with Crippen LogP contribution in [-0.2, 0) is 4.79 Å². The van der Waals surface area contributed by atoms with Gasteiger partial charge in [-0.1, -0.05) is 23.7 Å². The van der Waals surface area contributed by atoms with Gasteiger partial charge in [-0.15, -0.1) is 0 Å². The maximum absolute atomic E-state index is 13.8. The zero-order valence-electron chi connectivity index (χ0n) is 19.0. The van der Waals surface area contributed by atoms with E-state index in [9.17, 15) is 9.18 Å². The Bertz CT molecular complexity index is 1290. The number of para-hydroxylation sites is 1. The summed E-state index contributed by atoms with van der Waals surface area (Å²) in [6.07, 6.45) is 0. The van der Waals surface area contributed by atoms with E-state index in [1.54, 1.807) is 41.3 Å². The van der Waals surface area contributed by atoms with Crippen molar-refractivity contribution in [2.75, 3.05) is 16.8 Å². The van der Waals surface area contributed by atoms with Crippen LogP contribution in [0.25, 0.3) is 0 Å². The first-order valence-corrected chi connectivity index (χ1v) is 12.0. The number of ether oxygens (including phenoxy) is 2. The van der Waals surface area contributed by atoms with Crippen molar-refractivity contribution in [1.82, 2.24) is 5.32 Å². The lowest BCUT2D eigenvalue weighted by Gasteiger charge is -2.56. The second-order valence-electron chi connectivity index (χ2n) is 8.48. The number of halogens is 2. The van der Waals surface area contributed by atoms with E-state index in [-0.39, 0.29) is 11.7 Å². The van der Waals surface area contributed by atoms with Gasteiger partial charge < -0.3 is 20.1 Å². The SMILES string of the molecule is CCOc1cccc2c1O[C@@]1(C)[C@@H](C(=O)Nc3ccc(Cl)cc3)[C@H]2NC(=S)N1c1ccc(F)cc1. The molecule has 5 rings (SSSR count). The van der Waals surface area contributed by atoms with Crippen molar-refractivity contribution in [3.63, 3.8) is 0 Å². The molecule has 2 aliphatic rings. The molecule has 9 heteroatoms. The van der Waals surface area contributed by atoms with Gasteiger partial charge in [0, 0.05) is 22.0 Å². The number of benzene rings is 3. The highest BCUT2D eigenvalue weighted by molar-refractivity contribution is 7.80. The number of rotatable bonds is 5. The number of hydrogen-bond acceptors (Lipinski definition) is 4. The second-order valence-corrected chi connectivity index (χ2v) is 9.30. The molecule has 3 aromatic carbocycles. The van der Waals surface area contributed by atoms with Crippen LogP contribution in [0.5, 0.6) is 11.5 Å². The van der Waals surface area contributed by atoms with Gasteiger partial charge >= 0.3 is 0 Å². The van der Waals surface area contributed by atoms with E-state index in [0.29, 0.717) is 39.6 Å². The van der Waals surface area contributed by atoms with Crippen molar-refractivity contribution in [2.24, 2.45) is 5.92 Å². The summed E-state index contributed by atoms with van der Waals surface area (Å²) < 4.78 is 26.2. The largest absolute Gasteiger partial charge is 0.490 e. The van der Waals surface area contributed by atoms with Gasteiger partial charge in [-0.2, -0.15) is 0 Å². The van der Waals surface area contributed by atoms with E-state index in [2.05, 4.69) is 10.6 Å². The predicted octanol–water partition coefficient (Wildman–Crippen LogP) is 5.68. The molecule has 2 N–H and O–H groups in total.